The van der Waals surface area contributed by atoms with Crippen molar-refractivity contribution in [3.63, 3.8) is 0 Å². The first-order chi connectivity index (χ1) is 10.8. The van der Waals surface area contributed by atoms with Crippen LogP contribution in [0.1, 0.15) is 44.5 Å². The van der Waals surface area contributed by atoms with E-state index in [2.05, 4.69) is 10.4 Å². The minimum Gasteiger partial charge on any atom is -0.462 e. The van der Waals surface area contributed by atoms with Gasteiger partial charge in [-0.3, -0.25) is 9.48 Å². The molecule has 1 aromatic heterocycles. The first-order valence-electron chi connectivity index (χ1n) is 7.44. The fraction of sp³-hybridized carbons (Fsp3) is 0.353. The highest BCUT2D eigenvalue weighted by molar-refractivity contribution is 6.07. The van der Waals surface area contributed by atoms with Crippen molar-refractivity contribution >= 4 is 17.7 Å². The van der Waals surface area contributed by atoms with Gasteiger partial charge >= 0.3 is 5.97 Å². The summed E-state index contributed by atoms with van der Waals surface area (Å²) in [4.78, 5) is 24.6. The van der Waals surface area contributed by atoms with Gasteiger partial charge in [-0.15, -0.1) is 0 Å². The van der Waals surface area contributed by atoms with Crippen LogP contribution in [0, 0.1) is 20.8 Å². The molecule has 0 radical (unpaired) electrons. The molecule has 1 heterocycles. The maximum Gasteiger partial charge on any atom is 0.343 e. The molecule has 1 amide bonds. The van der Waals surface area contributed by atoms with Crippen LogP contribution >= 0.6 is 0 Å². The van der Waals surface area contributed by atoms with Gasteiger partial charge in [0.25, 0.3) is 5.91 Å². The second kappa shape index (κ2) is 6.64. The average molecular weight is 315 g/mol. The van der Waals surface area contributed by atoms with Crippen LogP contribution < -0.4 is 5.32 Å². The summed E-state index contributed by atoms with van der Waals surface area (Å²) in [6, 6.07) is 5.47. The molecule has 0 spiro atoms. The summed E-state index contributed by atoms with van der Waals surface area (Å²) >= 11 is 0. The van der Waals surface area contributed by atoms with Crippen molar-refractivity contribution < 1.29 is 14.3 Å². The molecule has 2 rings (SSSR count). The summed E-state index contributed by atoms with van der Waals surface area (Å²) in [7, 11) is 1.67. The molecular formula is C17H21N3O3. The largest absolute Gasteiger partial charge is 0.462 e. The Balaban J connectivity index is 2.34. The van der Waals surface area contributed by atoms with Gasteiger partial charge in [0.15, 0.2) is 0 Å². The van der Waals surface area contributed by atoms with E-state index in [0.717, 1.165) is 11.1 Å². The summed E-state index contributed by atoms with van der Waals surface area (Å²) in [6.07, 6.45) is 0. The molecule has 2 aromatic rings. The molecule has 23 heavy (non-hydrogen) atoms. The van der Waals surface area contributed by atoms with Crippen LogP contribution in [0.3, 0.4) is 0 Å². The number of benzene rings is 1. The number of carbonyl (C=O) groups is 2. The lowest BCUT2D eigenvalue weighted by molar-refractivity contribution is 0.0526. The maximum atomic E-state index is 12.5. The monoisotopic (exact) mass is 315 g/mol. The number of anilines is 1. The van der Waals surface area contributed by atoms with Gasteiger partial charge in [0, 0.05) is 12.6 Å². The van der Waals surface area contributed by atoms with E-state index < -0.39 is 5.97 Å². The van der Waals surface area contributed by atoms with E-state index in [1.165, 1.54) is 4.68 Å². The molecule has 1 N–H and O–H groups in total. The smallest absolute Gasteiger partial charge is 0.343 e. The van der Waals surface area contributed by atoms with Gasteiger partial charge in [-0.2, -0.15) is 5.10 Å². The summed E-state index contributed by atoms with van der Waals surface area (Å²) in [5.41, 5.74) is 3.48. The third-order valence-electron chi connectivity index (χ3n) is 3.70. The number of nitrogens with zero attached hydrogens (tertiary/aromatic N) is 2. The SMILES string of the molecule is CCOC(=O)c1c(C)nn(C)c1NC(=O)c1ccc(C)c(C)c1. The molecule has 0 aliphatic rings. The Hall–Kier alpha value is -2.63. The van der Waals surface area contributed by atoms with Crippen molar-refractivity contribution in [3.05, 3.63) is 46.1 Å². The third kappa shape index (κ3) is 3.41. The zero-order chi connectivity index (χ0) is 17.1. The summed E-state index contributed by atoms with van der Waals surface area (Å²) in [5.74, 6) is -0.445. The Morgan fingerprint density at radius 3 is 2.52 bits per heavy atom. The van der Waals surface area contributed by atoms with Crippen molar-refractivity contribution in [3.8, 4) is 0 Å². The minimum atomic E-state index is -0.492. The van der Waals surface area contributed by atoms with Crippen LogP contribution in [-0.4, -0.2) is 28.3 Å². The Morgan fingerprint density at radius 1 is 1.22 bits per heavy atom. The molecule has 0 aliphatic carbocycles. The van der Waals surface area contributed by atoms with Crippen molar-refractivity contribution in [2.24, 2.45) is 7.05 Å². The van der Waals surface area contributed by atoms with Gasteiger partial charge in [-0.25, -0.2) is 4.79 Å². The molecule has 6 nitrogen and oxygen atoms in total. The quantitative estimate of drug-likeness (QED) is 0.881. The lowest BCUT2D eigenvalue weighted by atomic mass is 10.1. The minimum absolute atomic E-state index is 0.262. The zero-order valence-electron chi connectivity index (χ0n) is 14.1. The fourth-order valence-corrected chi connectivity index (χ4v) is 2.31. The van der Waals surface area contributed by atoms with Gasteiger partial charge < -0.3 is 10.1 Å². The lowest BCUT2D eigenvalue weighted by Crippen LogP contribution is -2.18. The molecule has 0 unspecified atom stereocenters. The van der Waals surface area contributed by atoms with Crippen LogP contribution in [0.15, 0.2) is 18.2 Å². The molecule has 0 atom stereocenters. The maximum absolute atomic E-state index is 12.5. The highest BCUT2D eigenvalue weighted by Crippen LogP contribution is 2.21. The number of hydrogen-bond donors (Lipinski definition) is 1. The van der Waals surface area contributed by atoms with Crippen LogP contribution in [0.2, 0.25) is 0 Å². The Kier molecular flexibility index (Phi) is 4.83. The number of nitrogens with one attached hydrogen (secondary N) is 1. The number of carbonyl (C=O) groups excluding carboxylic acids is 2. The van der Waals surface area contributed by atoms with Crippen molar-refractivity contribution in [1.82, 2.24) is 9.78 Å². The molecule has 0 saturated heterocycles. The molecular weight excluding hydrogens is 294 g/mol. The molecule has 0 saturated carbocycles. The normalized spacial score (nSPS) is 10.5. The first-order valence-corrected chi connectivity index (χ1v) is 7.44. The fourth-order valence-electron chi connectivity index (χ4n) is 2.31. The van der Waals surface area contributed by atoms with Gasteiger partial charge in [-0.05, 0) is 51.0 Å². The number of esters is 1. The van der Waals surface area contributed by atoms with Gasteiger partial charge in [0.1, 0.15) is 11.4 Å². The van der Waals surface area contributed by atoms with E-state index in [0.29, 0.717) is 17.1 Å². The van der Waals surface area contributed by atoms with Crippen molar-refractivity contribution in [2.45, 2.75) is 27.7 Å². The summed E-state index contributed by atoms with van der Waals surface area (Å²) in [5, 5.41) is 6.96. The molecule has 0 fully saturated rings. The predicted molar refractivity (Wildman–Crippen MR) is 87.8 cm³/mol. The highest BCUT2D eigenvalue weighted by atomic mass is 16.5. The van der Waals surface area contributed by atoms with E-state index in [1.807, 2.05) is 26.0 Å². The zero-order valence-corrected chi connectivity index (χ0v) is 14.1. The van der Waals surface area contributed by atoms with E-state index in [1.54, 1.807) is 27.0 Å². The van der Waals surface area contributed by atoms with Crippen molar-refractivity contribution in [2.75, 3.05) is 11.9 Å². The topological polar surface area (TPSA) is 73.2 Å². The van der Waals surface area contributed by atoms with Crippen LogP contribution in [0.5, 0.6) is 0 Å². The number of amides is 1. The van der Waals surface area contributed by atoms with Crippen LogP contribution in [0.25, 0.3) is 0 Å². The molecule has 0 aliphatic heterocycles. The number of ether oxygens (including phenoxy) is 1. The Bertz CT molecular complexity index is 763. The van der Waals surface area contributed by atoms with E-state index in [-0.39, 0.29) is 18.1 Å². The lowest BCUT2D eigenvalue weighted by Gasteiger charge is -2.09. The molecule has 6 heteroatoms. The number of aromatic nitrogens is 2. The number of aryl methyl sites for hydroxylation is 4. The summed E-state index contributed by atoms with van der Waals surface area (Å²) in [6.45, 7) is 7.64. The number of rotatable bonds is 4. The van der Waals surface area contributed by atoms with E-state index in [9.17, 15) is 9.59 Å². The van der Waals surface area contributed by atoms with E-state index in [4.69, 9.17) is 4.74 Å². The first kappa shape index (κ1) is 16.7. The van der Waals surface area contributed by atoms with Crippen LogP contribution in [0.4, 0.5) is 5.82 Å². The molecule has 0 bridgehead atoms. The highest BCUT2D eigenvalue weighted by Gasteiger charge is 2.23. The Morgan fingerprint density at radius 2 is 1.91 bits per heavy atom. The Labute approximate surface area is 135 Å². The van der Waals surface area contributed by atoms with Gasteiger partial charge in [0.2, 0.25) is 0 Å². The van der Waals surface area contributed by atoms with Gasteiger partial charge in [0.05, 0.1) is 12.3 Å². The standard InChI is InChI=1S/C17H21N3O3/c1-6-23-17(22)14-12(4)19-20(5)15(14)18-16(21)13-8-7-10(2)11(3)9-13/h7-9H,6H2,1-5H3,(H,18,21). The van der Waals surface area contributed by atoms with Crippen LogP contribution in [-0.2, 0) is 11.8 Å². The van der Waals surface area contributed by atoms with E-state index >= 15 is 0 Å². The van der Waals surface area contributed by atoms with Gasteiger partial charge in [-0.1, -0.05) is 6.07 Å². The third-order valence-corrected chi connectivity index (χ3v) is 3.70. The second-order valence-electron chi connectivity index (χ2n) is 5.41. The summed E-state index contributed by atoms with van der Waals surface area (Å²) < 4.78 is 6.51. The van der Waals surface area contributed by atoms with Crippen molar-refractivity contribution in [1.29, 1.82) is 0 Å². The molecule has 122 valence electrons. The molecule has 1 aromatic carbocycles. The number of hydrogen-bond acceptors (Lipinski definition) is 4. The average Bonchev–Trinajstić information content (AvgIpc) is 2.76. The second-order valence-corrected chi connectivity index (χ2v) is 5.41. The predicted octanol–water partition coefficient (Wildman–Crippen LogP) is 2.77.